The summed E-state index contributed by atoms with van der Waals surface area (Å²) in [6.45, 7) is 9.67. The van der Waals surface area contributed by atoms with Crippen LogP contribution in [0.5, 0.6) is 5.75 Å². The fourth-order valence-corrected chi connectivity index (χ4v) is 2.41. The van der Waals surface area contributed by atoms with Crippen LogP contribution in [0.15, 0.2) is 18.2 Å². The molecule has 1 N–H and O–H groups in total. The summed E-state index contributed by atoms with van der Waals surface area (Å²) in [7, 11) is 0. The van der Waals surface area contributed by atoms with Crippen molar-refractivity contribution in [2.45, 2.75) is 39.5 Å². The van der Waals surface area contributed by atoms with Crippen LogP contribution in [0.1, 0.15) is 43.7 Å². The number of piperidine rings is 1. The van der Waals surface area contributed by atoms with Gasteiger partial charge in [-0.3, -0.25) is 0 Å². The number of aryl methyl sites for hydroxylation is 1. The molecule has 1 aliphatic heterocycles. The van der Waals surface area contributed by atoms with E-state index in [1.54, 1.807) is 0 Å². The maximum atomic E-state index is 6.03. The number of halogens is 1. The predicted molar refractivity (Wildman–Crippen MR) is 83.6 cm³/mol. The van der Waals surface area contributed by atoms with Gasteiger partial charge in [0.1, 0.15) is 5.75 Å². The number of rotatable bonds is 4. The highest BCUT2D eigenvalue weighted by Gasteiger charge is 2.14. The van der Waals surface area contributed by atoms with E-state index in [1.165, 1.54) is 30.5 Å². The smallest absolute Gasteiger partial charge is 0.122 e. The molecule has 1 unspecified atom stereocenters. The van der Waals surface area contributed by atoms with Crippen LogP contribution in [0.2, 0.25) is 0 Å². The summed E-state index contributed by atoms with van der Waals surface area (Å²) in [5.74, 6) is 2.29. The number of hydrogen-bond donors (Lipinski definition) is 1. The second kappa shape index (κ2) is 7.76. The van der Waals surface area contributed by atoms with Crippen LogP contribution in [0.3, 0.4) is 0 Å². The van der Waals surface area contributed by atoms with E-state index in [2.05, 4.69) is 44.3 Å². The van der Waals surface area contributed by atoms with Crippen molar-refractivity contribution in [3.05, 3.63) is 29.3 Å². The Bertz CT molecular complexity index is 386. The van der Waals surface area contributed by atoms with E-state index in [0.717, 1.165) is 18.9 Å². The molecule has 0 radical (unpaired) electrons. The molecule has 3 heteroatoms. The lowest BCUT2D eigenvalue weighted by atomic mass is 10.00. The standard InChI is InChI=1S/C16H25NO.ClH/c1-12(2)15-7-6-13(3)16(9-15)18-11-14-5-4-8-17-10-14;/h6-7,9,12,14,17H,4-5,8,10-11H2,1-3H3;1H. The van der Waals surface area contributed by atoms with Gasteiger partial charge in [0, 0.05) is 12.5 Å². The molecule has 1 aromatic rings. The first kappa shape index (κ1) is 16.3. The number of ether oxygens (including phenoxy) is 1. The first-order valence-electron chi connectivity index (χ1n) is 7.11. The van der Waals surface area contributed by atoms with Crippen molar-refractivity contribution in [3.63, 3.8) is 0 Å². The highest BCUT2D eigenvalue weighted by molar-refractivity contribution is 5.85. The van der Waals surface area contributed by atoms with Gasteiger partial charge in [-0.25, -0.2) is 0 Å². The minimum atomic E-state index is 0. The average Bonchev–Trinajstić information content (AvgIpc) is 2.38. The molecular weight excluding hydrogens is 258 g/mol. The second-order valence-electron chi connectivity index (χ2n) is 5.70. The van der Waals surface area contributed by atoms with Crippen LogP contribution in [-0.4, -0.2) is 19.7 Å². The Morgan fingerprint density at radius 1 is 1.37 bits per heavy atom. The van der Waals surface area contributed by atoms with Crippen LogP contribution < -0.4 is 10.1 Å². The lowest BCUT2D eigenvalue weighted by molar-refractivity contribution is 0.217. The SMILES string of the molecule is Cc1ccc(C(C)C)cc1OCC1CCCNC1.Cl. The molecule has 0 saturated carbocycles. The molecule has 0 bridgehead atoms. The van der Waals surface area contributed by atoms with Crippen LogP contribution in [0.25, 0.3) is 0 Å². The quantitative estimate of drug-likeness (QED) is 0.904. The van der Waals surface area contributed by atoms with Crippen molar-refractivity contribution in [1.29, 1.82) is 0 Å². The maximum Gasteiger partial charge on any atom is 0.122 e. The molecule has 1 aliphatic rings. The van der Waals surface area contributed by atoms with Crippen molar-refractivity contribution < 1.29 is 4.74 Å². The van der Waals surface area contributed by atoms with Gasteiger partial charge in [-0.1, -0.05) is 26.0 Å². The normalized spacial score (nSPS) is 19.1. The summed E-state index contributed by atoms with van der Waals surface area (Å²) in [4.78, 5) is 0. The van der Waals surface area contributed by atoms with Gasteiger partial charge in [0.05, 0.1) is 6.61 Å². The molecule has 0 aliphatic carbocycles. The minimum Gasteiger partial charge on any atom is -0.493 e. The largest absolute Gasteiger partial charge is 0.493 e. The van der Waals surface area contributed by atoms with E-state index < -0.39 is 0 Å². The Balaban J connectivity index is 0.00000180. The Labute approximate surface area is 123 Å². The Hall–Kier alpha value is -0.730. The van der Waals surface area contributed by atoms with Crippen LogP contribution in [-0.2, 0) is 0 Å². The molecule has 0 aromatic heterocycles. The molecular formula is C16H26ClNO. The van der Waals surface area contributed by atoms with E-state index >= 15 is 0 Å². The van der Waals surface area contributed by atoms with Crippen molar-refractivity contribution in [2.75, 3.05) is 19.7 Å². The third kappa shape index (κ3) is 4.70. The molecule has 0 spiro atoms. The van der Waals surface area contributed by atoms with E-state index in [0.29, 0.717) is 11.8 Å². The zero-order valence-corrected chi connectivity index (χ0v) is 13.1. The second-order valence-corrected chi connectivity index (χ2v) is 5.70. The Kier molecular flexibility index (Phi) is 6.67. The van der Waals surface area contributed by atoms with Crippen LogP contribution in [0, 0.1) is 12.8 Å². The summed E-state index contributed by atoms with van der Waals surface area (Å²) in [5, 5.41) is 3.44. The molecule has 2 nitrogen and oxygen atoms in total. The fraction of sp³-hybridized carbons (Fsp3) is 0.625. The van der Waals surface area contributed by atoms with Gasteiger partial charge in [-0.05, 0) is 49.4 Å². The van der Waals surface area contributed by atoms with Crippen LogP contribution >= 0.6 is 12.4 Å². The maximum absolute atomic E-state index is 6.03. The minimum absolute atomic E-state index is 0. The summed E-state index contributed by atoms with van der Waals surface area (Å²) in [6, 6.07) is 6.58. The van der Waals surface area contributed by atoms with E-state index in [9.17, 15) is 0 Å². The third-order valence-electron chi connectivity index (χ3n) is 3.75. The summed E-state index contributed by atoms with van der Waals surface area (Å²) >= 11 is 0. The predicted octanol–water partition coefficient (Wildman–Crippen LogP) is 3.92. The molecule has 19 heavy (non-hydrogen) atoms. The van der Waals surface area contributed by atoms with Crippen LogP contribution in [0.4, 0.5) is 0 Å². The molecule has 1 fully saturated rings. The molecule has 2 rings (SSSR count). The highest BCUT2D eigenvalue weighted by atomic mass is 35.5. The van der Waals surface area contributed by atoms with Gasteiger partial charge in [-0.2, -0.15) is 0 Å². The zero-order chi connectivity index (χ0) is 13.0. The molecule has 1 aromatic carbocycles. The van der Waals surface area contributed by atoms with Crippen molar-refractivity contribution >= 4 is 12.4 Å². The lowest BCUT2D eigenvalue weighted by Gasteiger charge is -2.23. The van der Waals surface area contributed by atoms with E-state index in [1.807, 2.05) is 0 Å². The van der Waals surface area contributed by atoms with Gasteiger partial charge in [0.25, 0.3) is 0 Å². The van der Waals surface area contributed by atoms with Crippen molar-refractivity contribution in [2.24, 2.45) is 5.92 Å². The first-order chi connectivity index (χ1) is 8.66. The molecule has 1 saturated heterocycles. The lowest BCUT2D eigenvalue weighted by Crippen LogP contribution is -2.33. The third-order valence-corrected chi connectivity index (χ3v) is 3.75. The zero-order valence-electron chi connectivity index (χ0n) is 12.2. The number of benzene rings is 1. The highest BCUT2D eigenvalue weighted by Crippen LogP contribution is 2.25. The van der Waals surface area contributed by atoms with E-state index in [-0.39, 0.29) is 12.4 Å². The topological polar surface area (TPSA) is 21.3 Å². The van der Waals surface area contributed by atoms with Crippen molar-refractivity contribution in [1.82, 2.24) is 5.32 Å². The molecule has 108 valence electrons. The number of hydrogen-bond acceptors (Lipinski definition) is 2. The molecule has 1 heterocycles. The van der Waals surface area contributed by atoms with Gasteiger partial charge < -0.3 is 10.1 Å². The number of nitrogens with one attached hydrogen (secondary N) is 1. The molecule has 1 atom stereocenters. The summed E-state index contributed by atoms with van der Waals surface area (Å²) in [6.07, 6.45) is 2.56. The molecule has 0 amide bonds. The average molecular weight is 284 g/mol. The van der Waals surface area contributed by atoms with Gasteiger partial charge in [-0.15, -0.1) is 12.4 Å². The first-order valence-corrected chi connectivity index (χ1v) is 7.11. The van der Waals surface area contributed by atoms with Gasteiger partial charge in [0.15, 0.2) is 0 Å². The fourth-order valence-electron chi connectivity index (χ4n) is 2.41. The van der Waals surface area contributed by atoms with E-state index in [4.69, 9.17) is 4.74 Å². The monoisotopic (exact) mass is 283 g/mol. The van der Waals surface area contributed by atoms with Gasteiger partial charge >= 0.3 is 0 Å². The Morgan fingerprint density at radius 3 is 2.79 bits per heavy atom. The van der Waals surface area contributed by atoms with Gasteiger partial charge in [0.2, 0.25) is 0 Å². The summed E-state index contributed by atoms with van der Waals surface area (Å²) in [5.41, 5.74) is 2.60. The van der Waals surface area contributed by atoms with Crippen molar-refractivity contribution in [3.8, 4) is 5.75 Å². The Morgan fingerprint density at radius 2 is 2.16 bits per heavy atom. The summed E-state index contributed by atoms with van der Waals surface area (Å²) < 4.78 is 6.03.